The molecule has 0 spiro atoms. The molecule has 9 nitrogen and oxygen atoms in total. The standard InChI is InChI=1S/C19H27N3O6S/c1-14(18(24)21-19(20)25)28-17(23)11-8-15-6-9-16(10-7-15)29(26,27)22-12-4-2-3-5-13-22/h6-7,9-10,14H,2-5,8,11-13H2,1H3,(H3,20,21,24,25). The van der Waals surface area contributed by atoms with Crippen LogP contribution in [0.15, 0.2) is 29.2 Å². The average molecular weight is 426 g/mol. The largest absolute Gasteiger partial charge is 0.453 e. The minimum Gasteiger partial charge on any atom is -0.453 e. The molecule has 1 unspecified atom stereocenters. The summed E-state index contributed by atoms with van der Waals surface area (Å²) in [5, 5.41) is 1.83. The average Bonchev–Trinajstić information content (AvgIpc) is 2.96. The van der Waals surface area contributed by atoms with E-state index in [0.29, 0.717) is 19.5 Å². The summed E-state index contributed by atoms with van der Waals surface area (Å²) >= 11 is 0. The van der Waals surface area contributed by atoms with E-state index in [9.17, 15) is 22.8 Å². The number of rotatable bonds is 7. The number of carbonyl (C=O) groups is 3. The first-order valence-corrected chi connectivity index (χ1v) is 11.0. The summed E-state index contributed by atoms with van der Waals surface area (Å²) in [5.41, 5.74) is 5.61. The number of esters is 1. The summed E-state index contributed by atoms with van der Waals surface area (Å²) in [6.45, 7) is 2.41. The fourth-order valence-electron chi connectivity index (χ4n) is 3.04. The fraction of sp³-hybridized carbons (Fsp3) is 0.526. The Kier molecular flexibility index (Phi) is 8.15. The van der Waals surface area contributed by atoms with Gasteiger partial charge >= 0.3 is 12.0 Å². The lowest BCUT2D eigenvalue weighted by atomic mass is 10.1. The summed E-state index contributed by atoms with van der Waals surface area (Å²) in [6.07, 6.45) is 3.02. The Bertz CT molecular complexity index is 830. The Balaban J connectivity index is 1.89. The van der Waals surface area contributed by atoms with Gasteiger partial charge in [0.25, 0.3) is 5.91 Å². The molecule has 3 N–H and O–H groups in total. The van der Waals surface area contributed by atoms with Crippen LogP contribution < -0.4 is 11.1 Å². The first-order chi connectivity index (χ1) is 13.7. The number of ether oxygens (including phenoxy) is 1. The van der Waals surface area contributed by atoms with Gasteiger partial charge in [0, 0.05) is 19.5 Å². The number of nitrogens with two attached hydrogens (primary N) is 1. The molecular weight excluding hydrogens is 398 g/mol. The second-order valence-corrected chi connectivity index (χ2v) is 8.89. The Morgan fingerprint density at radius 3 is 2.24 bits per heavy atom. The van der Waals surface area contributed by atoms with Crippen LogP contribution in [0.25, 0.3) is 0 Å². The number of carbonyl (C=O) groups excluding carboxylic acids is 3. The molecule has 1 atom stereocenters. The van der Waals surface area contributed by atoms with Gasteiger partial charge < -0.3 is 10.5 Å². The number of primary amides is 1. The lowest BCUT2D eigenvalue weighted by Gasteiger charge is -2.20. The van der Waals surface area contributed by atoms with E-state index in [1.165, 1.54) is 11.2 Å². The summed E-state index contributed by atoms with van der Waals surface area (Å²) in [4.78, 5) is 34.2. The van der Waals surface area contributed by atoms with E-state index in [-0.39, 0.29) is 11.3 Å². The molecule has 0 radical (unpaired) electrons. The van der Waals surface area contributed by atoms with Gasteiger partial charge in [-0.05, 0) is 43.9 Å². The van der Waals surface area contributed by atoms with Crippen LogP contribution in [0.1, 0.15) is 44.6 Å². The van der Waals surface area contributed by atoms with Crippen molar-refractivity contribution >= 4 is 27.9 Å². The Morgan fingerprint density at radius 1 is 1.10 bits per heavy atom. The van der Waals surface area contributed by atoms with Crippen molar-refractivity contribution in [2.75, 3.05) is 13.1 Å². The number of benzene rings is 1. The van der Waals surface area contributed by atoms with Gasteiger partial charge in [-0.3, -0.25) is 14.9 Å². The molecule has 160 valence electrons. The number of urea groups is 1. The SMILES string of the molecule is CC(OC(=O)CCc1ccc(S(=O)(=O)N2CCCCCC2)cc1)C(=O)NC(N)=O. The molecule has 1 aliphatic heterocycles. The van der Waals surface area contributed by atoms with E-state index in [1.54, 1.807) is 24.3 Å². The molecule has 1 heterocycles. The molecule has 1 fully saturated rings. The van der Waals surface area contributed by atoms with Crippen molar-refractivity contribution in [3.63, 3.8) is 0 Å². The molecule has 1 saturated heterocycles. The van der Waals surface area contributed by atoms with Crippen LogP contribution >= 0.6 is 0 Å². The molecule has 1 aromatic carbocycles. The van der Waals surface area contributed by atoms with Gasteiger partial charge in [0.1, 0.15) is 0 Å². The molecule has 3 amide bonds. The van der Waals surface area contributed by atoms with Crippen LogP contribution in [0.5, 0.6) is 0 Å². The second kappa shape index (κ2) is 10.4. The highest BCUT2D eigenvalue weighted by atomic mass is 32.2. The van der Waals surface area contributed by atoms with Crippen LogP contribution in [0.4, 0.5) is 4.79 Å². The third-order valence-electron chi connectivity index (χ3n) is 4.67. The minimum absolute atomic E-state index is 0.00636. The van der Waals surface area contributed by atoms with E-state index in [4.69, 9.17) is 10.5 Å². The van der Waals surface area contributed by atoms with Crippen molar-refractivity contribution in [1.29, 1.82) is 0 Å². The van der Waals surface area contributed by atoms with Crippen molar-refractivity contribution in [1.82, 2.24) is 9.62 Å². The molecule has 0 saturated carbocycles. The third-order valence-corrected chi connectivity index (χ3v) is 6.58. The highest BCUT2D eigenvalue weighted by Gasteiger charge is 2.25. The molecule has 2 rings (SSSR count). The molecular formula is C19H27N3O6S. The van der Waals surface area contributed by atoms with Crippen molar-refractivity contribution in [2.45, 2.75) is 56.4 Å². The quantitative estimate of drug-likeness (QED) is 0.632. The van der Waals surface area contributed by atoms with Crippen LogP contribution in [-0.2, 0) is 30.8 Å². The van der Waals surface area contributed by atoms with Crippen LogP contribution in [-0.4, -0.2) is 49.8 Å². The summed E-state index contributed by atoms with van der Waals surface area (Å²) < 4.78 is 32.0. The summed E-state index contributed by atoms with van der Waals surface area (Å²) in [5.74, 6) is -1.41. The number of amides is 3. The Labute approximate surface area is 170 Å². The maximum atomic E-state index is 12.8. The number of hydrogen-bond donors (Lipinski definition) is 2. The van der Waals surface area contributed by atoms with E-state index in [1.807, 2.05) is 5.32 Å². The number of nitrogens with zero attached hydrogens (tertiary/aromatic N) is 1. The lowest BCUT2D eigenvalue weighted by molar-refractivity contribution is -0.154. The van der Waals surface area contributed by atoms with Gasteiger partial charge in [-0.15, -0.1) is 0 Å². The summed E-state index contributed by atoms with van der Waals surface area (Å²) in [7, 11) is -3.51. The molecule has 0 aliphatic carbocycles. The van der Waals surface area contributed by atoms with Crippen molar-refractivity contribution in [3.05, 3.63) is 29.8 Å². The van der Waals surface area contributed by atoms with Crippen molar-refractivity contribution < 1.29 is 27.5 Å². The number of hydrogen-bond acceptors (Lipinski definition) is 6. The smallest absolute Gasteiger partial charge is 0.318 e. The molecule has 1 aliphatic rings. The highest BCUT2D eigenvalue weighted by Crippen LogP contribution is 2.21. The Hall–Kier alpha value is -2.46. The van der Waals surface area contributed by atoms with Crippen LogP contribution in [0, 0.1) is 0 Å². The van der Waals surface area contributed by atoms with E-state index < -0.39 is 34.0 Å². The zero-order valence-corrected chi connectivity index (χ0v) is 17.2. The van der Waals surface area contributed by atoms with Gasteiger partial charge in [0.05, 0.1) is 4.90 Å². The summed E-state index contributed by atoms with van der Waals surface area (Å²) in [6, 6.07) is 5.41. The van der Waals surface area contributed by atoms with Crippen LogP contribution in [0.2, 0.25) is 0 Å². The molecule has 0 bridgehead atoms. The Morgan fingerprint density at radius 2 is 1.69 bits per heavy atom. The van der Waals surface area contributed by atoms with Gasteiger partial charge in [-0.25, -0.2) is 13.2 Å². The van der Waals surface area contributed by atoms with E-state index in [2.05, 4.69) is 0 Å². The predicted molar refractivity (Wildman–Crippen MR) is 105 cm³/mol. The lowest BCUT2D eigenvalue weighted by Crippen LogP contribution is -2.42. The van der Waals surface area contributed by atoms with Crippen molar-refractivity contribution in [3.8, 4) is 0 Å². The van der Waals surface area contributed by atoms with Gasteiger partial charge in [0.2, 0.25) is 10.0 Å². The monoisotopic (exact) mass is 425 g/mol. The zero-order valence-electron chi connectivity index (χ0n) is 16.4. The third kappa shape index (κ3) is 6.82. The number of aryl methyl sites for hydroxylation is 1. The maximum absolute atomic E-state index is 12.8. The van der Waals surface area contributed by atoms with Gasteiger partial charge in [-0.2, -0.15) is 4.31 Å². The van der Waals surface area contributed by atoms with Gasteiger partial charge in [-0.1, -0.05) is 25.0 Å². The fourth-order valence-corrected chi connectivity index (χ4v) is 4.56. The van der Waals surface area contributed by atoms with E-state index >= 15 is 0 Å². The highest BCUT2D eigenvalue weighted by molar-refractivity contribution is 7.89. The van der Waals surface area contributed by atoms with Crippen molar-refractivity contribution in [2.24, 2.45) is 5.73 Å². The number of sulfonamides is 1. The topological polar surface area (TPSA) is 136 Å². The van der Waals surface area contributed by atoms with E-state index in [0.717, 1.165) is 31.2 Å². The second-order valence-electron chi connectivity index (χ2n) is 6.95. The molecule has 29 heavy (non-hydrogen) atoms. The predicted octanol–water partition coefficient (Wildman–Crippen LogP) is 1.31. The molecule has 10 heteroatoms. The van der Waals surface area contributed by atoms with Gasteiger partial charge in [0.15, 0.2) is 6.10 Å². The first kappa shape index (κ1) is 22.8. The minimum atomic E-state index is -3.51. The molecule has 1 aromatic rings. The number of nitrogens with one attached hydrogen (secondary N) is 1. The maximum Gasteiger partial charge on any atom is 0.318 e. The van der Waals surface area contributed by atoms with Crippen LogP contribution in [0.3, 0.4) is 0 Å². The normalized spacial score (nSPS) is 16.4. The number of imide groups is 1. The zero-order chi connectivity index (χ0) is 21.4. The molecule has 0 aromatic heterocycles. The first-order valence-electron chi connectivity index (χ1n) is 9.59.